The molecule has 2 heterocycles. The number of hydrogen-bond acceptors (Lipinski definition) is 5. The second-order valence-electron chi connectivity index (χ2n) is 9.95. The maximum absolute atomic E-state index is 15.3. The number of anilines is 1. The van der Waals surface area contributed by atoms with Crippen molar-refractivity contribution in [3.8, 4) is 5.75 Å². The Morgan fingerprint density at radius 1 is 1.07 bits per heavy atom. The van der Waals surface area contributed by atoms with Crippen molar-refractivity contribution in [2.24, 2.45) is 0 Å². The fourth-order valence-electron chi connectivity index (χ4n) is 5.70. The Bertz CT molecular complexity index is 1550. The van der Waals surface area contributed by atoms with Crippen molar-refractivity contribution in [1.82, 2.24) is 10.2 Å². The molecule has 2 aliphatic heterocycles. The van der Waals surface area contributed by atoms with E-state index in [-0.39, 0.29) is 35.9 Å². The molecule has 0 saturated carbocycles. The Hall–Kier alpha value is -3.73. The number of aliphatic hydroxyl groups is 1. The number of fused-ring (bicyclic) bond motifs is 2. The maximum atomic E-state index is 15.3. The predicted molar refractivity (Wildman–Crippen MR) is 148 cm³/mol. The molecule has 3 aromatic rings. The molecular weight excluding hydrogens is 579 g/mol. The van der Waals surface area contributed by atoms with Crippen LogP contribution in [0.15, 0.2) is 54.6 Å². The highest BCUT2D eigenvalue weighted by Gasteiger charge is 2.62. The highest BCUT2D eigenvalue weighted by atomic mass is 35.5. The Labute approximate surface area is 244 Å². The molecule has 1 fully saturated rings. The number of piperidine rings is 1. The number of nitrogens with zero attached hydrogens (tertiary/aromatic N) is 1. The van der Waals surface area contributed by atoms with Crippen molar-refractivity contribution in [3.63, 3.8) is 0 Å². The summed E-state index contributed by atoms with van der Waals surface area (Å²) in [5, 5.41) is 15.3. The van der Waals surface area contributed by atoms with Gasteiger partial charge in [-0.2, -0.15) is 0 Å². The average Bonchev–Trinajstić information content (AvgIpc) is 3.21. The van der Waals surface area contributed by atoms with Crippen LogP contribution in [-0.2, 0) is 19.8 Å². The molecule has 0 aliphatic carbocycles. The summed E-state index contributed by atoms with van der Waals surface area (Å²) in [5.74, 6) is -3.90. The zero-order chi connectivity index (χ0) is 29.5. The molecule has 5 rings (SSSR count). The third-order valence-electron chi connectivity index (χ3n) is 7.58. The van der Waals surface area contributed by atoms with Crippen LogP contribution in [0.4, 0.5) is 14.5 Å². The maximum Gasteiger partial charge on any atom is 0.260 e. The summed E-state index contributed by atoms with van der Waals surface area (Å²) in [5.41, 5.74) is -0.815. The van der Waals surface area contributed by atoms with Crippen LogP contribution in [0, 0.1) is 11.6 Å². The quantitative estimate of drug-likeness (QED) is 0.372. The summed E-state index contributed by atoms with van der Waals surface area (Å²) in [6.45, 7) is -0.538. The first kappa shape index (κ1) is 28.8. The van der Waals surface area contributed by atoms with Crippen molar-refractivity contribution in [1.29, 1.82) is 0 Å². The molecule has 1 saturated heterocycles. The minimum absolute atomic E-state index is 0.0992. The highest BCUT2D eigenvalue weighted by molar-refractivity contribution is 6.31. The SMILES string of the molecule is CN(CCO)C(=O)COc1ccc(Cl)cc1[C@H]1CC(=O)N[C@@H](c2cc(F)ccc2F)C12C(=O)Nc1cc(Cl)ccc12. The van der Waals surface area contributed by atoms with Gasteiger partial charge in [-0.25, -0.2) is 8.78 Å². The van der Waals surface area contributed by atoms with E-state index in [9.17, 15) is 18.8 Å². The molecule has 8 nitrogen and oxygen atoms in total. The Balaban J connectivity index is 1.71. The number of benzene rings is 3. The summed E-state index contributed by atoms with van der Waals surface area (Å²) >= 11 is 12.6. The van der Waals surface area contributed by atoms with Gasteiger partial charge in [0.1, 0.15) is 22.8 Å². The number of rotatable bonds is 7. The van der Waals surface area contributed by atoms with Crippen LogP contribution < -0.4 is 15.4 Å². The molecular formula is C29H25Cl2F2N3O5. The van der Waals surface area contributed by atoms with Gasteiger partial charge in [-0.05, 0) is 54.1 Å². The molecule has 0 radical (unpaired) electrons. The Morgan fingerprint density at radius 3 is 2.56 bits per heavy atom. The molecule has 1 unspecified atom stereocenters. The number of hydrogen-bond donors (Lipinski definition) is 3. The van der Waals surface area contributed by atoms with Gasteiger partial charge in [0.2, 0.25) is 11.8 Å². The van der Waals surface area contributed by atoms with Crippen molar-refractivity contribution in [2.75, 3.05) is 32.1 Å². The minimum atomic E-state index is -1.69. The standard InChI is InChI=1S/C29H25Cl2F2N3O5/c1-36(8-9-37)26(39)14-41-24-7-3-15(30)10-18(24)21-13-25(38)35-27(19-12-17(32)4-6-22(19)33)29(21)20-5-2-16(31)11-23(20)34-28(29)40/h2-7,10-12,21,27,37H,8-9,13-14H2,1H3,(H,34,40)(H,35,38)/t21-,27+,29?/m1/s1. The van der Waals surface area contributed by atoms with Gasteiger partial charge < -0.3 is 25.4 Å². The monoisotopic (exact) mass is 603 g/mol. The molecule has 0 aromatic heterocycles. The summed E-state index contributed by atoms with van der Waals surface area (Å²) < 4.78 is 35.7. The summed E-state index contributed by atoms with van der Waals surface area (Å²) in [7, 11) is 1.51. The van der Waals surface area contributed by atoms with E-state index in [1.54, 1.807) is 18.2 Å². The molecule has 3 atom stereocenters. The number of likely N-dealkylation sites (N-methyl/N-ethyl adjacent to an activating group) is 1. The first-order valence-corrected chi connectivity index (χ1v) is 13.4. The van der Waals surface area contributed by atoms with Gasteiger partial charge in [-0.15, -0.1) is 0 Å². The van der Waals surface area contributed by atoms with Crippen molar-refractivity contribution in [3.05, 3.63) is 93.0 Å². The van der Waals surface area contributed by atoms with E-state index in [0.29, 0.717) is 21.8 Å². The number of ether oxygens (including phenoxy) is 1. The van der Waals surface area contributed by atoms with Crippen LogP contribution in [0.1, 0.15) is 35.1 Å². The average molecular weight is 604 g/mol. The van der Waals surface area contributed by atoms with Crippen LogP contribution in [0.3, 0.4) is 0 Å². The zero-order valence-corrected chi connectivity index (χ0v) is 23.2. The normalized spacial score (nSPS) is 21.3. The van der Waals surface area contributed by atoms with Gasteiger partial charge in [-0.3, -0.25) is 14.4 Å². The number of carbonyl (C=O) groups excluding carboxylic acids is 3. The second-order valence-corrected chi connectivity index (χ2v) is 10.8. The lowest BCUT2D eigenvalue weighted by Gasteiger charge is -2.46. The topological polar surface area (TPSA) is 108 Å². The number of carbonyl (C=O) groups is 3. The van der Waals surface area contributed by atoms with Crippen LogP contribution in [-0.4, -0.2) is 54.5 Å². The lowest BCUT2D eigenvalue weighted by atomic mass is 9.59. The van der Waals surface area contributed by atoms with Gasteiger partial charge in [0.15, 0.2) is 6.61 Å². The first-order chi connectivity index (χ1) is 19.6. The van der Waals surface area contributed by atoms with Crippen LogP contribution in [0.25, 0.3) is 0 Å². The van der Waals surface area contributed by atoms with Gasteiger partial charge in [-0.1, -0.05) is 29.3 Å². The van der Waals surface area contributed by atoms with Crippen LogP contribution in [0.5, 0.6) is 5.75 Å². The number of aliphatic hydroxyl groups excluding tert-OH is 1. The Morgan fingerprint density at radius 2 is 1.80 bits per heavy atom. The van der Waals surface area contributed by atoms with Gasteiger partial charge in [0.05, 0.1) is 12.6 Å². The fourth-order valence-corrected chi connectivity index (χ4v) is 6.06. The summed E-state index contributed by atoms with van der Waals surface area (Å²) in [6, 6.07) is 10.8. The van der Waals surface area contributed by atoms with Gasteiger partial charge >= 0.3 is 0 Å². The minimum Gasteiger partial charge on any atom is -0.483 e. The van der Waals surface area contributed by atoms with E-state index < -0.39 is 53.3 Å². The van der Waals surface area contributed by atoms with Crippen LogP contribution >= 0.6 is 23.2 Å². The zero-order valence-electron chi connectivity index (χ0n) is 21.7. The van der Waals surface area contributed by atoms with E-state index in [2.05, 4.69) is 10.6 Å². The van der Waals surface area contributed by atoms with Crippen molar-refractivity contribution in [2.45, 2.75) is 23.8 Å². The molecule has 41 heavy (non-hydrogen) atoms. The first-order valence-electron chi connectivity index (χ1n) is 12.7. The molecule has 3 amide bonds. The molecule has 3 N–H and O–H groups in total. The van der Waals surface area contributed by atoms with Gasteiger partial charge in [0.25, 0.3) is 5.91 Å². The smallest absolute Gasteiger partial charge is 0.260 e. The molecule has 214 valence electrons. The summed E-state index contributed by atoms with van der Waals surface area (Å²) in [6.07, 6.45) is -0.238. The predicted octanol–water partition coefficient (Wildman–Crippen LogP) is 4.34. The molecule has 1 spiro atoms. The summed E-state index contributed by atoms with van der Waals surface area (Å²) in [4.78, 5) is 41.2. The van der Waals surface area contributed by atoms with E-state index >= 15 is 4.39 Å². The lowest BCUT2D eigenvalue weighted by Crippen LogP contribution is -2.57. The van der Waals surface area contributed by atoms with E-state index in [1.807, 2.05) is 0 Å². The third-order valence-corrected chi connectivity index (χ3v) is 8.05. The largest absolute Gasteiger partial charge is 0.483 e. The molecule has 0 bridgehead atoms. The highest BCUT2D eigenvalue weighted by Crippen LogP contribution is 2.59. The van der Waals surface area contributed by atoms with Crippen LogP contribution in [0.2, 0.25) is 10.0 Å². The fraction of sp³-hybridized carbons (Fsp3) is 0.276. The Kier molecular flexibility index (Phi) is 7.91. The van der Waals surface area contributed by atoms with E-state index in [4.69, 9.17) is 33.0 Å². The molecule has 2 aliphatic rings. The van der Waals surface area contributed by atoms with Gasteiger partial charge in [0, 0.05) is 52.8 Å². The van der Waals surface area contributed by atoms with E-state index in [0.717, 1.165) is 18.2 Å². The third kappa shape index (κ3) is 5.11. The van der Waals surface area contributed by atoms with Crippen molar-refractivity contribution >= 4 is 46.6 Å². The lowest BCUT2D eigenvalue weighted by molar-refractivity contribution is -0.133. The number of amides is 3. The van der Waals surface area contributed by atoms with E-state index in [1.165, 1.54) is 30.1 Å². The second kappa shape index (κ2) is 11.3. The molecule has 12 heteroatoms. The number of nitrogens with one attached hydrogen (secondary N) is 2. The van der Waals surface area contributed by atoms with Crippen molar-refractivity contribution < 1.29 is 33.0 Å². The molecule has 3 aromatic carbocycles. The number of halogens is 4.